The van der Waals surface area contributed by atoms with Crippen LogP contribution in [0.5, 0.6) is 0 Å². The first-order valence-electron chi connectivity index (χ1n) is 6.57. The Balaban J connectivity index is 2.32. The van der Waals surface area contributed by atoms with Crippen LogP contribution < -0.4 is 0 Å². The summed E-state index contributed by atoms with van der Waals surface area (Å²) < 4.78 is 5.26. The van der Waals surface area contributed by atoms with E-state index in [0.717, 1.165) is 24.0 Å². The lowest BCUT2D eigenvalue weighted by molar-refractivity contribution is -0.137. The third-order valence-electron chi connectivity index (χ3n) is 3.77. The molecule has 1 aliphatic carbocycles. The van der Waals surface area contributed by atoms with Crippen LogP contribution in [0.4, 0.5) is 0 Å². The van der Waals surface area contributed by atoms with E-state index in [9.17, 15) is 15.0 Å². The predicted octanol–water partition coefficient (Wildman–Crippen LogP) is 1.49. The Morgan fingerprint density at radius 3 is 2.95 bits per heavy atom. The molecule has 0 bridgehead atoms. The van der Waals surface area contributed by atoms with Gasteiger partial charge in [-0.2, -0.15) is 0 Å². The zero-order valence-corrected chi connectivity index (χ0v) is 11.1. The minimum atomic E-state index is -0.760. The molecule has 0 radical (unpaired) electrons. The number of hydrogen-bond donors (Lipinski definition) is 2. The molecule has 19 heavy (non-hydrogen) atoms. The molecule has 2 rings (SSSR count). The molecule has 0 amide bonds. The summed E-state index contributed by atoms with van der Waals surface area (Å²) in [7, 11) is 0. The van der Waals surface area contributed by atoms with Crippen molar-refractivity contribution in [3.05, 3.63) is 35.5 Å². The lowest BCUT2D eigenvalue weighted by Gasteiger charge is -2.23. The second-order valence-electron chi connectivity index (χ2n) is 5.26. The molecule has 0 aromatic heterocycles. The molecule has 1 saturated heterocycles. The summed E-state index contributed by atoms with van der Waals surface area (Å²) >= 11 is 0. The third-order valence-corrected chi connectivity index (χ3v) is 3.77. The van der Waals surface area contributed by atoms with E-state index in [4.69, 9.17) is 4.74 Å². The van der Waals surface area contributed by atoms with Gasteiger partial charge < -0.3 is 14.9 Å². The van der Waals surface area contributed by atoms with Crippen LogP contribution in [-0.2, 0) is 9.53 Å². The number of ether oxygens (including phenoxy) is 1. The van der Waals surface area contributed by atoms with Crippen molar-refractivity contribution in [1.82, 2.24) is 0 Å². The smallest absolute Gasteiger partial charge is 0.334 e. The number of carbonyl (C=O) groups is 1. The van der Waals surface area contributed by atoms with E-state index in [1.807, 2.05) is 19.1 Å². The lowest BCUT2D eigenvalue weighted by atomic mass is 9.85. The second-order valence-corrected chi connectivity index (χ2v) is 5.26. The molecule has 104 valence electrons. The fourth-order valence-corrected chi connectivity index (χ4v) is 2.67. The molecule has 4 nitrogen and oxygen atoms in total. The summed E-state index contributed by atoms with van der Waals surface area (Å²) in [4.78, 5) is 11.6. The number of esters is 1. The van der Waals surface area contributed by atoms with Crippen molar-refractivity contribution in [3.63, 3.8) is 0 Å². The van der Waals surface area contributed by atoms with Crippen LogP contribution in [0.1, 0.15) is 26.2 Å². The van der Waals surface area contributed by atoms with Crippen LogP contribution >= 0.6 is 0 Å². The number of aliphatic hydroxyl groups is 2. The number of rotatable bonds is 1. The molecule has 1 aliphatic heterocycles. The van der Waals surface area contributed by atoms with Gasteiger partial charge in [-0.15, -0.1) is 0 Å². The normalized spacial score (nSPS) is 37.7. The van der Waals surface area contributed by atoms with Crippen LogP contribution in [0, 0.1) is 5.92 Å². The van der Waals surface area contributed by atoms with Crippen molar-refractivity contribution in [2.24, 2.45) is 5.92 Å². The van der Waals surface area contributed by atoms with Crippen LogP contribution in [0.2, 0.25) is 0 Å². The zero-order valence-electron chi connectivity index (χ0n) is 11.1. The van der Waals surface area contributed by atoms with Gasteiger partial charge in [-0.25, -0.2) is 4.79 Å². The topological polar surface area (TPSA) is 66.8 Å². The molecule has 0 aromatic rings. The van der Waals surface area contributed by atoms with Gasteiger partial charge in [0, 0.05) is 5.57 Å². The molecule has 1 heterocycles. The minimum Gasteiger partial charge on any atom is -0.454 e. The Bertz CT molecular complexity index is 447. The molecule has 1 fully saturated rings. The largest absolute Gasteiger partial charge is 0.454 e. The SMILES string of the molecule is C=C1C(=O)O[C@@H]2/C=C(/C)CC/C=C(\CO)C[C@@H](O)[C@@H]12. The predicted molar refractivity (Wildman–Crippen MR) is 71.3 cm³/mol. The number of carbonyl (C=O) groups excluding carboxylic acids is 1. The highest BCUT2D eigenvalue weighted by Gasteiger charge is 2.42. The molecular weight excluding hydrogens is 244 g/mol. The Labute approximate surface area is 113 Å². The molecule has 0 spiro atoms. The van der Waals surface area contributed by atoms with Crippen molar-refractivity contribution in [2.45, 2.75) is 38.4 Å². The van der Waals surface area contributed by atoms with Gasteiger partial charge in [-0.1, -0.05) is 18.2 Å². The standard InChI is InChI=1S/C15H20O4/c1-9-4-3-5-11(8-16)7-12(17)14-10(2)15(18)19-13(14)6-9/h5-6,12-14,16-17H,2-4,7-8H2,1H3/b9-6-,11-5-/t12-,13-,14-/m1/s1. The van der Waals surface area contributed by atoms with Gasteiger partial charge in [0.2, 0.25) is 0 Å². The number of hydrogen-bond acceptors (Lipinski definition) is 4. The van der Waals surface area contributed by atoms with Crippen molar-refractivity contribution < 1.29 is 19.7 Å². The van der Waals surface area contributed by atoms with E-state index in [-0.39, 0.29) is 6.61 Å². The van der Waals surface area contributed by atoms with E-state index >= 15 is 0 Å². The highest BCUT2D eigenvalue weighted by Crippen LogP contribution is 2.34. The monoisotopic (exact) mass is 264 g/mol. The van der Waals surface area contributed by atoms with Crippen molar-refractivity contribution in [3.8, 4) is 0 Å². The van der Waals surface area contributed by atoms with Gasteiger partial charge in [-0.05, 0) is 37.8 Å². The Morgan fingerprint density at radius 2 is 2.26 bits per heavy atom. The quantitative estimate of drug-likeness (QED) is 0.428. The molecule has 2 aliphatic rings. The van der Waals surface area contributed by atoms with Crippen molar-refractivity contribution in [1.29, 1.82) is 0 Å². The second kappa shape index (κ2) is 5.72. The summed E-state index contributed by atoms with van der Waals surface area (Å²) in [6, 6.07) is 0. The van der Waals surface area contributed by atoms with Crippen molar-refractivity contribution >= 4 is 5.97 Å². The number of allylic oxidation sites excluding steroid dienone is 2. The van der Waals surface area contributed by atoms with Crippen LogP contribution in [0.25, 0.3) is 0 Å². The first-order valence-corrected chi connectivity index (χ1v) is 6.57. The first kappa shape index (κ1) is 14.0. The zero-order chi connectivity index (χ0) is 14.0. The van der Waals surface area contributed by atoms with Gasteiger partial charge in [0.25, 0.3) is 0 Å². The lowest BCUT2D eigenvalue weighted by Crippen LogP contribution is -2.29. The third kappa shape index (κ3) is 2.96. The van der Waals surface area contributed by atoms with E-state index in [1.54, 1.807) is 0 Å². The Morgan fingerprint density at radius 1 is 1.53 bits per heavy atom. The number of aliphatic hydroxyl groups excluding tert-OH is 2. The molecule has 0 aromatic carbocycles. The summed E-state index contributed by atoms with van der Waals surface area (Å²) in [6.45, 7) is 5.63. The minimum absolute atomic E-state index is 0.0709. The molecule has 0 unspecified atom stereocenters. The molecule has 3 atom stereocenters. The summed E-state index contributed by atoms with van der Waals surface area (Å²) in [6.07, 6.45) is 4.69. The van der Waals surface area contributed by atoms with Crippen LogP contribution in [-0.4, -0.2) is 35.0 Å². The maximum Gasteiger partial charge on any atom is 0.334 e. The van der Waals surface area contributed by atoms with Gasteiger partial charge in [0.15, 0.2) is 0 Å². The Kier molecular flexibility index (Phi) is 4.22. The van der Waals surface area contributed by atoms with Gasteiger partial charge in [0.05, 0.1) is 18.6 Å². The van der Waals surface area contributed by atoms with Gasteiger partial charge in [0.1, 0.15) is 6.10 Å². The molecule has 4 heteroatoms. The van der Waals surface area contributed by atoms with Crippen LogP contribution in [0.3, 0.4) is 0 Å². The van der Waals surface area contributed by atoms with E-state index in [0.29, 0.717) is 12.0 Å². The van der Waals surface area contributed by atoms with E-state index in [2.05, 4.69) is 6.58 Å². The summed E-state index contributed by atoms with van der Waals surface area (Å²) in [5.74, 6) is -0.859. The van der Waals surface area contributed by atoms with Gasteiger partial charge >= 0.3 is 5.97 Å². The highest BCUT2D eigenvalue weighted by molar-refractivity contribution is 5.91. The molecule has 2 N–H and O–H groups in total. The first-order chi connectivity index (χ1) is 9.02. The fourth-order valence-electron chi connectivity index (χ4n) is 2.67. The maximum absolute atomic E-state index is 11.6. The van der Waals surface area contributed by atoms with Crippen LogP contribution in [0.15, 0.2) is 35.5 Å². The number of fused-ring (bicyclic) bond motifs is 1. The highest BCUT2D eigenvalue weighted by atomic mass is 16.6. The van der Waals surface area contributed by atoms with E-state index in [1.165, 1.54) is 0 Å². The van der Waals surface area contributed by atoms with E-state index < -0.39 is 24.1 Å². The van der Waals surface area contributed by atoms with Crippen molar-refractivity contribution in [2.75, 3.05) is 6.61 Å². The Hall–Kier alpha value is -1.39. The maximum atomic E-state index is 11.6. The van der Waals surface area contributed by atoms with Gasteiger partial charge in [-0.3, -0.25) is 0 Å². The summed E-state index contributed by atoms with van der Waals surface area (Å²) in [5, 5.41) is 19.6. The average molecular weight is 264 g/mol. The molecular formula is C15H20O4. The fraction of sp³-hybridized carbons (Fsp3) is 0.533. The molecule has 0 saturated carbocycles. The summed E-state index contributed by atoms with van der Waals surface area (Å²) in [5.41, 5.74) is 2.23. The average Bonchev–Trinajstić information content (AvgIpc) is 2.63.